The smallest absolute Gasteiger partial charge is 0.415 e. The Hall–Kier alpha value is -9.24. The fourth-order valence-electron chi connectivity index (χ4n) is 10.0. The number of carboxylic acid groups (broad SMARTS) is 1. The first-order valence-electron chi connectivity index (χ1n) is 29.3. The van der Waals surface area contributed by atoms with Crippen molar-refractivity contribution in [1.82, 2.24) is 35.1 Å². The van der Waals surface area contributed by atoms with Crippen LogP contribution in [0.15, 0.2) is 97.3 Å². The van der Waals surface area contributed by atoms with Crippen molar-refractivity contribution in [3.8, 4) is 11.5 Å². The van der Waals surface area contributed by atoms with Crippen molar-refractivity contribution in [2.75, 3.05) is 94.4 Å². The van der Waals surface area contributed by atoms with Gasteiger partial charge in [0.25, 0.3) is 11.8 Å². The van der Waals surface area contributed by atoms with E-state index in [1.807, 2.05) is 19.1 Å². The van der Waals surface area contributed by atoms with Crippen LogP contribution in [0.5, 0.6) is 11.5 Å². The summed E-state index contributed by atoms with van der Waals surface area (Å²) in [5, 5.41) is 34.6. The normalized spacial score (nSPS) is 13.4. The number of imidazole rings is 1. The van der Waals surface area contributed by atoms with Gasteiger partial charge >= 0.3 is 24.3 Å². The van der Waals surface area contributed by atoms with E-state index in [-0.39, 0.29) is 120 Å². The maximum Gasteiger partial charge on any atom is 0.415 e. The predicted molar refractivity (Wildman–Crippen MR) is 337 cm³/mol. The molecule has 9 N–H and O–H groups in total. The van der Waals surface area contributed by atoms with Gasteiger partial charge in [0.1, 0.15) is 40.5 Å². The highest BCUT2D eigenvalue weighted by Crippen LogP contribution is 2.47. The molecule has 26 nitrogen and oxygen atoms in total. The number of ether oxygens (including phenoxy) is 5. The van der Waals surface area contributed by atoms with Gasteiger partial charge in [-0.3, -0.25) is 19.2 Å². The van der Waals surface area contributed by atoms with E-state index in [9.17, 15) is 48.6 Å². The summed E-state index contributed by atoms with van der Waals surface area (Å²) in [6.45, 7) is 10.1. The number of anilines is 3. The van der Waals surface area contributed by atoms with Gasteiger partial charge < -0.3 is 85.3 Å². The molecular weight excluding hydrogens is 1190 g/mol. The molecule has 0 aliphatic carbocycles. The molecule has 27 heteroatoms. The first-order chi connectivity index (χ1) is 43.0. The highest BCUT2D eigenvalue weighted by Gasteiger charge is 2.37. The summed E-state index contributed by atoms with van der Waals surface area (Å²) >= 11 is 6.66. The number of primary amides is 1. The molecule has 482 valence electrons. The van der Waals surface area contributed by atoms with Gasteiger partial charge in [0.2, 0.25) is 11.8 Å². The minimum Gasteiger partial charge on any atom is -0.468 e. The van der Waals surface area contributed by atoms with Crippen molar-refractivity contribution in [1.29, 1.82) is 0 Å². The Morgan fingerprint density at radius 1 is 0.856 bits per heavy atom. The van der Waals surface area contributed by atoms with Crippen LogP contribution in [0.25, 0.3) is 16.4 Å². The SMILES string of the molecule is COCOc1ccc(C(=O)Nc2ccc3nc(C(=O)N4C[C@@H](CCl)c5c4cc(OC(=O)N(CCOCCO)CCN(CCc4ccc(NC(=O)C(CCCNC(N)=O)NC(=O)C(NC(=O)OC(C)(C)C)C(C)C)cc4)C(=O)O)c4cccc(C)c54)cn3c2)cc1. The summed E-state index contributed by atoms with van der Waals surface area (Å²) in [5.41, 5.74) is 8.90. The quantitative estimate of drug-likeness (QED) is 0.0128. The lowest BCUT2D eigenvalue weighted by molar-refractivity contribution is -0.128. The molecule has 90 heavy (non-hydrogen) atoms. The third kappa shape index (κ3) is 18.7. The number of nitrogens with zero attached hydrogens (tertiary/aromatic N) is 5. The molecule has 0 bridgehead atoms. The van der Waals surface area contributed by atoms with Crippen LogP contribution in [0.4, 0.5) is 36.2 Å². The molecule has 2 aromatic heterocycles. The molecule has 0 radical (unpaired) electrons. The van der Waals surface area contributed by atoms with Crippen LogP contribution in [-0.2, 0) is 30.2 Å². The Balaban J connectivity index is 1.03. The van der Waals surface area contributed by atoms with Gasteiger partial charge in [0, 0.05) is 93.3 Å². The van der Waals surface area contributed by atoms with E-state index in [0.29, 0.717) is 45.0 Å². The van der Waals surface area contributed by atoms with Crippen LogP contribution in [0.1, 0.15) is 90.9 Å². The van der Waals surface area contributed by atoms with E-state index in [4.69, 9.17) is 41.0 Å². The number of alkyl halides is 1. The molecule has 4 aromatic carbocycles. The molecule has 3 atom stereocenters. The second-order valence-corrected chi connectivity index (χ2v) is 23.0. The number of alkyl carbamates (subject to hydrolysis) is 1. The van der Waals surface area contributed by atoms with Crippen LogP contribution in [0.3, 0.4) is 0 Å². The van der Waals surface area contributed by atoms with Crippen molar-refractivity contribution in [2.24, 2.45) is 11.7 Å². The zero-order valence-corrected chi connectivity index (χ0v) is 52.1. The van der Waals surface area contributed by atoms with Gasteiger partial charge in [0.05, 0.1) is 31.2 Å². The molecule has 0 saturated heterocycles. The van der Waals surface area contributed by atoms with Crippen molar-refractivity contribution in [3.05, 3.63) is 125 Å². The molecule has 7 rings (SSSR count). The lowest BCUT2D eigenvalue weighted by Crippen LogP contribution is -2.55. The summed E-state index contributed by atoms with van der Waals surface area (Å²) in [6, 6.07) is 20.8. The number of carbonyl (C=O) groups excluding carboxylic acids is 7. The number of amides is 9. The molecular formula is C63H78ClN11O15. The molecule has 6 aromatic rings. The zero-order valence-electron chi connectivity index (χ0n) is 51.3. The lowest BCUT2D eigenvalue weighted by Gasteiger charge is -2.27. The number of nitrogens with two attached hydrogens (primary N) is 1. The highest BCUT2D eigenvalue weighted by atomic mass is 35.5. The lowest BCUT2D eigenvalue weighted by atomic mass is 9.92. The minimum atomic E-state index is -1.26. The number of hydrogen-bond acceptors (Lipinski definition) is 15. The number of halogens is 1. The first kappa shape index (κ1) is 68.3. The monoisotopic (exact) mass is 1260 g/mol. The number of fused-ring (bicyclic) bond motifs is 4. The number of carbonyl (C=O) groups is 8. The van der Waals surface area contributed by atoms with Gasteiger partial charge in [-0.25, -0.2) is 24.2 Å². The van der Waals surface area contributed by atoms with Crippen molar-refractivity contribution in [3.63, 3.8) is 0 Å². The molecule has 0 fully saturated rings. The Morgan fingerprint density at radius 2 is 1.58 bits per heavy atom. The van der Waals surface area contributed by atoms with E-state index in [1.165, 1.54) is 12.0 Å². The fraction of sp³-hybridized carbons (Fsp3) is 0.413. The summed E-state index contributed by atoms with van der Waals surface area (Å²) in [6.07, 6.45) is 0.889. The minimum absolute atomic E-state index is 0.00117. The van der Waals surface area contributed by atoms with Gasteiger partial charge in [-0.15, -0.1) is 11.6 Å². The Bertz CT molecular complexity index is 3520. The average molecular weight is 1260 g/mol. The second-order valence-electron chi connectivity index (χ2n) is 22.7. The van der Waals surface area contributed by atoms with Crippen molar-refractivity contribution >= 4 is 93.0 Å². The Morgan fingerprint density at radius 3 is 2.24 bits per heavy atom. The van der Waals surface area contributed by atoms with E-state index in [0.717, 1.165) is 21.4 Å². The largest absolute Gasteiger partial charge is 0.468 e. The number of hydrogen-bond donors (Lipinski definition) is 8. The topological polar surface area (TPSA) is 336 Å². The number of aliphatic hydroxyl groups excluding tert-OH is 1. The second kappa shape index (κ2) is 31.8. The zero-order chi connectivity index (χ0) is 65.2. The van der Waals surface area contributed by atoms with Gasteiger partial charge in [-0.2, -0.15) is 0 Å². The average Bonchev–Trinajstić information content (AvgIpc) is 1.62. The van der Waals surface area contributed by atoms with E-state index >= 15 is 0 Å². The van der Waals surface area contributed by atoms with E-state index < -0.39 is 59.7 Å². The summed E-state index contributed by atoms with van der Waals surface area (Å²) in [7, 11) is 1.51. The molecule has 2 unspecified atom stereocenters. The number of aliphatic hydroxyl groups is 1. The number of methoxy groups -OCH3 is 1. The van der Waals surface area contributed by atoms with E-state index in [1.54, 1.807) is 129 Å². The number of benzene rings is 4. The van der Waals surface area contributed by atoms with Crippen LogP contribution in [0, 0.1) is 12.8 Å². The molecule has 0 saturated carbocycles. The number of nitrogens with one attached hydrogen (secondary N) is 5. The number of aryl methyl sites for hydroxylation is 1. The van der Waals surface area contributed by atoms with Gasteiger partial charge in [-0.05, 0) is 123 Å². The Kier molecular flexibility index (Phi) is 24.1. The predicted octanol–water partition coefficient (Wildman–Crippen LogP) is 7.47. The molecule has 1 aliphatic rings. The summed E-state index contributed by atoms with van der Waals surface area (Å²) < 4.78 is 29.1. The maximum absolute atomic E-state index is 14.7. The number of rotatable bonds is 29. The molecule has 1 aliphatic heterocycles. The fourth-order valence-corrected chi connectivity index (χ4v) is 10.3. The maximum atomic E-state index is 14.7. The first-order valence-corrected chi connectivity index (χ1v) is 29.8. The van der Waals surface area contributed by atoms with Crippen LogP contribution in [-0.4, -0.2) is 174 Å². The van der Waals surface area contributed by atoms with Crippen molar-refractivity contribution < 1.29 is 72.3 Å². The standard InChI is InChI=1S/C63H78ClN11O15/c1-38(2)54(71-60(82)90-63(4,5)6)57(79)70-47(12-9-24-66-59(65)81)56(78)67-43-17-13-40(14-18-43)23-25-72(61(83)84)26-27-73(28-30-87-31-29-76)62(85)89-50-32-49-53(52-39(3)10-8-11-46(50)52)42(33-64)34-75(49)58(80)48-36-74-35-44(19-22-51(74)69-48)68-55(77)41-15-20-45(21-16-41)88-37-86-7/h8,10-11,13-22,32,35-36,38,42,47,54,76H,9,12,23-31,33-34,37H2,1-7H3,(H,67,78)(H,68,77)(H,70,79)(H,71,82)(H,83,84)(H3,65,66,81)/t42-,47?,54?/m1/s1. The van der Waals surface area contributed by atoms with Crippen LogP contribution < -0.4 is 46.7 Å². The van der Waals surface area contributed by atoms with Crippen LogP contribution in [0.2, 0.25) is 0 Å². The number of urea groups is 1. The number of pyridine rings is 1. The highest BCUT2D eigenvalue weighted by molar-refractivity contribution is 6.19. The van der Waals surface area contributed by atoms with Gasteiger partial charge in [0.15, 0.2) is 6.79 Å². The van der Waals surface area contributed by atoms with Crippen molar-refractivity contribution in [2.45, 2.75) is 84.4 Å². The molecule has 9 amide bonds. The Labute approximate surface area is 525 Å². The summed E-state index contributed by atoms with van der Waals surface area (Å²) in [4.78, 5) is 115. The van der Waals surface area contributed by atoms with Crippen LogP contribution >= 0.6 is 11.6 Å². The third-order valence-corrected chi connectivity index (χ3v) is 14.9. The van der Waals surface area contributed by atoms with E-state index in [2.05, 4.69) is 31.6 Å². The molecule has 0 spiro atoms. The third-order valence-electron chi connectivity index (χ3n) is 14.5. The molecule has 3 heterocycles. The number of aromatic nitrogens is 2. The summed E-state index contributed by atoms with van der Waals surface area (Å²) in [5.74, 6) is -1.93. The van der Waals surface area contributed by atoms with Gasteiger partial charge in [-0.1, -0.05) is 44.2 Å².